The normalized spacial score (nSPS) is 16.0. The van der Waals surface area contributed by atoms with Crippen molar-refractivity contribution in [3.63, 3.8) is 0 Å². The van der Waals surface area contributed by atoms with Gasteiger partial charge in [0, 0.05) is 6.04 Å². The second kappa shape index (κ2) is 10.6. The Morgan fingerprint density at radius 3 is 2.41 bits per heavy atom. The molecule has 0 saturated carbocycles. The molecule has 0 N–H and O–H groups in total. The third kappa shape index (κ3) is 5.51. The Morgan fingerprint density at radius 2 is 1.74 bits per heavy atom. The van der Waals surface area contributed by atoms with Crippen LogP contribution in [0.15, 0.2) is 82.7 Å². The van der Waals surface area contributed by atoms with Gasteiger partial charge in [-0.3, -0.25) is 9.69 Å². The predicted molar refractivity (Wildman–Crippen MR) is 140 cm³/mol. The number of amidine groups is 1. The number of rotatable bonds is 7. The minimum absolute atomic E-state index is 0.00148. The van der Waals surface area contributed by atoms with Crippen LogP contribution < -0.4 is 9.47 Å². The van der Waals surface area contributed by atoms with Crippen molar-refractivity contribution in [3.05, 3.63) is 94.4 Å². The number of hydrogen-bond donors (Lipinski definition) is 0. The molecule has 5 nitrogen and oxygen atoms in total. The first kappa shape index (κ1) is 23.6. The van der Waals surface area contributed by atoms with Crippen LogP contribution in [0.1, 0.15) is 30.5 Å². The Balaban J connectivity index is 1.57. The summed E-state index contributed by atoms with van der Waals surface area (Å²) in [4.78, 5) is 20.3. The lowest BCUT2D eigenvalue weighted by atomic mass is 10.1. The molecular formula is C28H28N2O3S. The molecule has 0 unspecified atom stereocenters. The van der Waals surface area contributed by atoms with Gasteiger partial charge in [-0.2, -0.15) is 0 Å². The van der Waals surface area contributed by atoms with Crippen molar-refractivity contribution in [2.24, 2.45) is 4.99 Å². The number of aliphatic imine (C=N–C) groups is 1. The van der Waals surface area contributed by atoms with Crippen LogP contribution in [0.5, 0.6) is 11.5 Å². The number of benzene rings is 3. The van der Waals surface area contributed by atoms with Gasteiger partial charge in [-0.1, -0.05) is 54.1 Å². The van der Waals surface area contributed by atoms with Gasteiger partial charge in [0.2, 0.25) is 0 Å². The van der Waals surface area contributed by atoms with Crippen LogP contribution in [0.2, 0.25) is 0 Å². The highest BCUT2D eigenvalue weighted by Gasteiger charge is 2.35. The summed E-state index contributed by atoms with van der Waals surface area (Å²) in [5.74, 6) is 1.23. The topological polar surface area (TPSA) is 51.1 Å². The Labute approximate surface area is 205 Å². The lowest BCUT2D eigenvalue weighted by Gasteiger charge is -2.19. The maximum absolute atomic E-state index is 13.2. The lowest BCUT2D eigenvalue weighted by Crippen LogP contribution is -2.35. The standard InChI is InChI=1S/C28H28N2O3S/c1-19(2)30-27(31)26(34-28(30)29-23-13-10-20(3)11-14-23)17-22-12-15-24(25(16-22)32-4)33-18-21-8-6-5-7-9-21/h5-17,19H,18H2,1-4H3/b26-17+,29-28?. The zero-order valence-electron chi connectivity index (χ0n) is 19.8. The Morgan fingerprint density at radius 1 is 1.00 bits per heavy atom. The first-order chi connectivity index (χ1) is 16.4. The number of carbonyl (C=O) groups excluding carboxylic acids is 1. The van der Waals surface area contributed by atoms with E-state index >= 15 is 0 Å². The van der Waals surface area contributed by atoms with Crippen LogP contribution in [-0.2, 0) is 11.4 Å². The number of hydrogen-bond acceptors (Lipinski definition) is 5. The molecule has 1 aliphatic rings. The molecule has 174 valence electrons. The van der Waals surface area contributed by atoms with Gasteiger partial charge in [-0.15, -0.1) is 0 Å². The summed E-state index contributed by atoms with van der Waals surface area (Å²) in [7, 11) is 1.62. The SMILES string of the molecule is COc1cc(/C=C2/SC(=Nc3ccc(C)cc3)N(C(C)C)C2=O)ccc1OCc1ccccc1. The van der Waals surface area contributed by atoms with E-state index in [-0.39, 0.29) is 11.9 Å². The number of methoxy groups -OCH3 is 1. The van der Waals surface area contributed by atoms with Crippen LogP contribution in [0.3, 0.4) is 0 Å². The molecule has 1 heterocycles. The fourth-order valence-electron chi connectivity index (χ4n) is 3.53. The molecule has 1 aliphatic heterocycles. The van der Waals surface area contributed by atoms with Crippen molar-refractivity contribution in [2.45, 2.75) is 33.4 Å². The minimum Gasteiger partial charge on any atom is -0.493 e. The molecule has 1 fully saturated rings. The van der Waals surface area contributed by atoms with E-state index in [0.717, 1.165) is 16.8 Å². The van der Waals surface area contributed by atoms with Gasteiger partial charge in [0.1, 0.15) is 6.61 Å². The van der Waals surface area contributed by atoms with Gasteiger partial charge in [0.15, 0.2) is 16.7 Å². The Bertz CT molecular complexity index is 1220. The number of nitrogens with zero attached hydrogens (tertiary/aromatic N) is 2. The fraction of sp³-hybridized carbons (Fsp3) is 0.214. The summed E-state index contributed by atoms with van der Waals surface area (Å²) < 4.78 is 11.5. The van der Waals surface area contributed by atoms with Crippen LogP contribution in [0.25, 0.3) is 6.08 Å². The van der Waals surface area contributed by atoms with E-state index < -0.39 is 0 Å². The van der Waals surface area contributed by atoms with Crippen molar-refractivity contribution in [3.8, 4) is 11.5 Å². The second-order valence-corrected chi connectivity index (χ2v) is 9.30. The minimum atomic E-state index is -0.0470. The summed E-state index contributed by atoms with van der Waals surface area (Å²) in [6.07, 6.45) is 1.88. The number of carbonyl (C=O) groups is 1. The molecule has 0 aromatic heterocycles. The maximum Gasteiger partial charge on any atom is 0.266 e. The quantitative estimate of drug-likeness (QED) is 0.364. The van der Waals surface area contributed by atoms with E-state index in [9.17, 15) is 4.79 Å². The molecule has 0 atom stereocenters. The van der Waals surface area contributed by atoms with Gasteiger partial charge in [-0.05, 0) is 74.0 Å². The van der Waals surface area contributed by atoms with Crippen LogP contribution in [-0.4, -0.2) is 29.1 Å². The van der Waals surface area contributed by atoms with Crippen molar-refractivity contribution in [2.75, 3.05) is 7.11 Å². The highest BCUT2D eigenvalue weighted by molar-refractivity contribution is 8.18. The molecule has 6 heteroatoms. The Hall–Kier alpha value is -3.51. The summed E-state index contributed by atoms with van der Waals surface area (Å²) in [6.45, 7) is 6.48. The zero-order chi connectivity index (χ0) is 24.1. The molecule has 1 saturated heterocycles. The molecule has 3 aromatic rings. The van der Waals surface area contributed by atoms with E-state index in [4.69, 9.17) is 14.5 Å². The smallest absolute Gasteiger partial charge is 0.266 e. The molecular weight excluding hydrogens is 444 g/mol. The molecule has 1 amide bonds. The molecule has 0 spiro atoms. The molecule has 34 heavy (non-hydrogen) atoms. The third-order valence-corrected chi connectivity index (χ3v) is 6.32. The highest BCUT2D eigenvalue weighted by Crippen LogP contribution is 2.37. The molecule has 0 aliphatic carbocycles. The van der Waals surface area contributed by atoms with Gasteiger partial charge < -0.3 is 9.47 Å². The van der Waals surface area contributed by atoms with Crippen LogP contribution in [0.4, 0.5) is 5.69 Å². The van der Waals surface area contributed by atoms with Crippen LogP contribution >= 0.6 is 11.8 Å². The van der Waals surface area contributed by atoms with Crippen molar-refractivity contribution in [1.29, 1.82) is 0 Å². The average Bonchev–Trinajstić information content (AvgIpc) is 3.14. The molecule has 0 bridgehead atoms. The van der Waals surface area contributed by atoms with Gasteiger partial charge in [-0.25, -0.2) is 4.99 Å². The summed E-state index contributed by atoms with van der Waals surface area (Å²) in [6, 6.07) is 23.6. The number of ether oxygens (including phenoxy) is 2. The lowest BCUT2D eigenvalue weighted by molar-refractivity contribution is -0.123. The van der Waals surface area contributed by atoms with Gasteiger partial charge in [0.05, 0.1) is 17.7 Å². The third-order valence-electron chi connectivity index (χ3n) is 5.33. The number of aryl methyl sites for hydroxylation is 1. The van der Waals surface area contributed by atoms with Crippen molar-refractivity contribution < 1.29 is 14.3 Å². The van der Waals surface area contributed by atoms with Gasteiger partial charge >= 0.3 is 0 Å². The van der Waals surface area contributed by atoms with Crippen LogP contribution in [0, 0.1) is 6.92 Å². The maximum atomic E-state index is 13.2. The summed E-state index contributed by atoms with van der Waals surface area (Å²) >= 11 is 1.39. The van der Waals surface area contributed by atoms with E-state index in [1.807, 2.05) is 99.6 Å². The molecule has 0 radical (unpaired) electrons. The van der Waals surface area contributed by atoms with Crippen molar-refractivity contribution >= 4 is 34.6 Å². The van der Waals surface area contributed by atoms with E-state index in [0.29, 0.717) is 28.2 Å². The predicted octanol–water partition coefficient (Wildman–Crippen LogP) is 6.60. The monoisotopic (exact) mass is 472 g/mol. The van der Waals surface area contributed by atoms with Gasteiger partial charge in [0.25, 0.3) is 5.91 Å². The van der Waals surface area contributed by atoms with E-state index in [2.05, 4.69) is 0 Å². The Kier molecular flexibility index (Phi) is 7.38. The average molecular weight is 473 g/mol. The fourth-order valence-corrected chi connectivity index (χ4v) is 4.65. The zero-order valence-corrected chi connectivity index (χ0v) is 20.6. The molecule has 4 rings (SSSR count). The number of amides is 1. The van der Waals surface area contributed by atoms with E-state index in [1.165, 1.54) is 17.3 Å². The van der Waals surface area contributed by atoms with E-state index in [1.54, 1.807) is 12.0 Å². The largest absolute Gasteiger partial charge is 0.493 e. The first-order valence-electron chi connectivity index (χ1n) is 11.2. The summed E-state index contributed by atoms with van der Waals surface area (Å²) in [5, 5.41) is 0.685. The second-order valence-electron chi connectivity index (χ2n) is 8.29. The first-order valence-corrected chi connectivity index (χ1v) is 12.0. The molecule has 3 aromatic carbocycles. The summed E-state index contributed by atoms with van der Waals surface area (Å²) in [5.41, 5.74) is 3.94. The highest BCUT2D eigenvalue weighted by atomic mass is 32.2. The van der Waals surface area contributed by atoms with Crippen molar-refractivity contribution in [1.82, 2.24) is 4.90 Å². The number of thioether (sulfide) groups is 1.